The van der Waals surface area contributed by atoms with Crippen molar-refractivity contribution in [3.8, 4) is 0 Å². The van der Waals surface area contributed by atoms with Gasteiger partial charge in [-0.3, -0.25) is 9.89 Å². The number of hydrogen-bond donors (Lipinski definition) is 2. The summed E-state index contributed by atoms with van der Waals surface area (Å²) in [7, 11) is 0. The van der Waals surface area contributed by atoms with Gasteiger partial charge >= 0.3 is 0 Å². The van der Waals surface area contributed by atoms with Gasteiger partial charge in [0.15, 0.2) is 5.82 Å². The lowest BCUT2D eigenvalue weighted by Gasteiger charge is -2.01. The maximum Gasteiger partial charge on any atom is 0.211 e. The molecule has 0 unspecified atom stereocenters. The molecule has 0 fully saturated rings. The van der Waals surface area contributed by atoms with Crippen molar-refractivity contribution in [1.82, 2.24) is 10.2 Å². The van der Waals surface area contributed by atoms with E-state index in [1.807, 2.05) is 0 Å². The molecule has 0 saturated heterocycles. The van der Waals surface area contributed by atoms with Crippen molar-refractivity contribution >= 4 is 23.0 Å². The van der Waals surface area contributed by atoms with Crippen molar-refractivity contribution in [2.24, 2.45) is 0 Å². The summed E-state index contributed by atoms with van der Waals surface area (Å²) in [6.45, 7) is 1.73. The number of benzene rings is 1. The van der Waals surface area contributed by atoms with Gasteiger partial charge in [0, 0.05) is 5.69 Å². The molecule has 0 aliphatic rings. The van der Waals surface area contributed by atoms with Crippen LogP contribution in [0.25, 0.3) is 10.9 Å². The van der Waals surface area contributed by atoms with Crippen molar-refractivity contribution in [1.29, 1.82) is 0 Å². The molecular weight excluding hydrogens is 185 g/mol. The molecule has 0 bridgehead atoms. The highest BCUT2D eigenvalue weighted by atomic mass is 19.1. The van der Waals surface area contributed by atoms with Gasteiger partial charge in [0.25, 0.3) is 0 Å². The Morgan fingerprint density at radius 3 is 3.07 bits per heavy atom. The van der Waals surface area contributed by atoms with E-state index in [1.165, 1.54) is 6.07 Å². The minimum Gasteiger partial charge on any atom is -0.326 e. The van der Waals surface area contributed by atoms with E-state index < -0.39 is 5.82 Å². The molecule has 0 radical (unpaired) electrons. The Hall–Kier alpha value is -1.91. The van der Waals surface area contributed by atoms with E-state index in [-0.39, 0.29) is 5.69 Å². The van der Waals surface area contributed by atoms with Crippen LogP contribution >= 0.6 is 0 Å². The summed E-state index contributed by atoms with van der Waals surface area (Å²) in [4.78, 5) is 10.2. The molecule has 5 heteroatoms. The lowest BCUT2D eigenvalue weighted by Crippen LogP contribution is -1.97. The number of fused-ring (bicyclic) bond motifs is 1. The van der Waals surface area contributed by atoms with Crippen LogP contribution in [0.4, 0.5) is 10.1 Å². The molecule has 1 aromatic carbocycles. The van der Waals surface area contributed by atoms with E-state index in [0.29, 0.717) is 23.0 Å². The van der Waals surface area contributed by atoms with E-state index in [9.17, 15) is 9.18 Å². The van der Waals surface area contributed by atoms with Crippen LogP contribution in [0, 0.1) is 12.7 Å². The van der Waals surface area contributed by atoms with Gasteiger partial charge in [-0.25, -0.2) is 4.39 Å². The molecule has 2 rings (SSSR count). The number of aromatic nitrogens is 2. The molecule has 2 N–H and O–H groups in total. The molecule has 0 atom stereocenters. The van der Waals surface area contributed by atoms with Gasteiger partial charge in [-0.05, 0) is 19.1 Å². The number of H-pyrrole nitrogens is 1. The first-order chi connectivity index (χ1) is 6.74. The van der Waals surface area contributed by atoms with Crippen molar-refractivity contribution in [2.75, 3.05) is 5.32 Å². The van der Waals surface area contributed by atoms with E-state index in [4.69, 9.17) is 0 Å². The lowest BCUT2D eigenvalue weighted by atomic mass is 10.2. The van der Waals surface area contributed by atoms with Crippen LogP contribution in [-0.2, 0) is 4.79 Å². The zero-order valence-corrected chi connectivity index (χ0v) is 7.47. The Morgan fingerprint density at radius 2 is 2.36 bits per heavy atom. The first-order valence-corrected chi connectivity index (χ1v) is 4.07. The van der Waals surface area contributed by atoms with Crippen LogP contribution in [0.1, 0.15) is 5.69 Å². The third-order valence-corrected chi connectivity index (χ3v) is 2.05. The molecule has 72 valence electrons. The predicted octanol–water partition coefficient (Wildman–Crippen LogP) is 1.58. The smallest absolute Gasteiger partial charge is 0.211 e. The predicted molar refractivity (Wildman–Crippen MR) is 50.5 cm³/mol. The number of hydrogen-bond acceptors (Lipinski definition) is 2. The standard InChI is InChI=1S/C9H8FN3O/c1-5-8-6(13-12-5)2-3-7(9(8)10)11-4-14/h2-4H,1H3,(H,11,14)(H,12,13). The number of rotatable bonds is 2. The molecule has 0 saturated carbocycles. The number of aromatic amines is 1. The minimum absolute atomic E-state index is 0.164. The second kappa shape index (κ2) is 3.10. The van der Waals surface area contributed by atoms with Gasteiger partial charge in [-0.15, -0.1) is 0 Å². The first kappa shape index (κ1) is 8.68. The van der Waals surface area contributed by atoms with Crippen molar-refractivity contribution in [3.63, 3.8) is 0 Å². The van der Waals surface area contributed by atoms with Crippen molar-refractivity contribution in [2.45, 2.75) is 6.92 Å². The number of nitrogens with one attached hydrogen (secondary N) is 2. The maximum atomic E-state index is 13.7. The fraction of sp³-hybridized carbons (Fsp3) is 0.111. The summed E-state index contributed by atoms with van der Waals surface area (Å²) in [6.07, 6.45) is 0.444. The van der Waals surface area contributed by atoms with Crippen LogP contribution in [0.5, 0.6) is 0 Å². The van der Waals surface area contributed by atoms with Gasteiger partial charge in [0.1, 0.15) is 0 Å². The minimum atomic E-state index is -0.458. The summed E-state index contributed by atoms with van der Waals surface area (Å²) in [6, 6.07) is 3.13. The van der Waals surface area contributed by atoms with Crippen LogP contribution in [-0.4, -0.2) is 16.6 Å². The highest BCUT2D eigenvalue weighted by Crippen LogP contribution is 2.24. The topological polar surface area (TPSA) is 57.8 Å². The number of aryl methyl sites for hydroxylation is 1. The third kappa shape index (κ3) is 1.14. The molecule has 14 heavy (non-hydrogen) atoms. The van der Waals surface area contributed by atoms with E-state index >= 15 is 0 Å². The second-order valence-corrected chi connectivity index (χ2v) is 2.93. The quantitative estimate of drug-likeness (QED) is 0.711. The monoisotopic (exact) mass is 193 g/mol. The number of carbonyl (C=O) groups excluding carboxylic acids is 1. The van der Waals surface area contributed by atoms with Crippen LogP contribution in [0.15, 0.2) is 12.1 Å². The Balaban J connectivity index is 2.72. The van der Waals surface area contributed by atoms with E-state index in [1.54, 1.807) is 13.0 Å². The van der Waals surface area contributed by atoms with Crippen LogP contribution < -0.4 is 5.32 Å². The van der Waals surface area contributed by atoms with Gasteiger partial charge in [-0.2, -0.15) is 5.10 Å². The zero-order valence-electron chi connectivity index (χ0n) is 7.47. The fourth-order valence-corrected chi connectivity index (χ4v) is 1.39. The van der Waals surface area contributed by atoms with Crippen LogP contribution in [0.3, 0.4) is 0 Å². The zero-order chi connectivity index (χ0) is 10.1. The van der Waals surface area contributed by atoms with Gasteiger partial charge < -0.3 is 5.32 Å². The molecule has 1 amide bonds. The number of anilines is 1. The van der Waals surface area contributed by atoms with E-state index in [2.05, 4.69) is 15.5 Å². The Kier molecular flexibility index (Phi) is 1.92. The number of nitrogens with zero attached hydrogens (tertiary/aromatic N) is 1. The molecule has 1 aromatic heterocycles. The molecule has 2 aromatic rings. The van der Waals surface area contributed by atoms with E-state index in [0.717, 1.165) is 0 Å². The fourth-order valence-electron chi connectivity index (χ4n) is 1.39. The normalized spacial score (nSPS) is 10.4. The average Bonchev–Trinajstić information content (AvgIpc) is 2.54. The second-order valence-electron chi connectivity index (χ2n) is 2.93. The number of carbonyl (C=O) groups is 1. The van der Waals surface area contributed by atoms with Gasteiger partial charge in [0.05, 0.1) is 16.6 Å². The van der Waals surface area contributed by atoms with Crippen molar-refractivity contribution < 1.29 is 9.18 Å². The first-order valence-electron chi connectivity index (χ1n) is 4.07. The van der Waals surface area contributed by atoms with Gasteiger partial charge in [-0.1, -0.05) is 0 Å². The van der Waals surface area contributed by atoms with Crippen LogP contribution in [0.2, 0.25) is 0 Å². The maximum absolute atomic E-state index is 13.7. The highest BCUT2D eigenvalue weighted by Gasteiger charge is 2.11. The average molecular weight is 193 g/mol. The summed E-state index contributed by atoms with van der Waals surface area (Å²) >= 11 is 0. The molecule has 0 aliphatic heterocycles. The summed E-state index contributed by atoms with van der Waals surface area (Å²) in [5.74, 6) is -0.458. The highest BCUT2D eigenvalue weighted by molar-refractivity contribution is 5.88. The number of halogens is 1. The molecule has 1 heterocycles. The molecular formula is C9H8FN3O. The lowest BCUT2D eigenvalue weighted by molar-refractivity contribution is -0.105. The molecule has 0 spiro atoms. The Bertz CT molecular complexity index is 492. The summed E-state index contributed by atoms with van der Waals surface area (Å²) in [5.41, 5.74) is 1.36. The molecule has 4 nitrogen and oxygen atoms in total. The largest absolute Gasteiger partial charge is 0.326 e. The van der Waals surface area contributed by atoms with Gasteiger partial charge in [0.2, 0.25) is 6.41 Å². The third-order valence-electron chi connectivity index (χ3n) is 2.05. The summed E-state index contributed by atoms with van der Waals surface area (Å²) in [5, 5.41) is 9.28. The Labute approximate surface area is 79.1 Å². The van der Waals surface area contributed by atoms with Crippen molar-refractivity contribution in [3.05, 3.63) is 23.6 Å². The number of amides is 1. The summed E-state index contributed by atoms with van der Waals surface area (Å²) < 4.78 is 13.7. The molecule has 0 aliphatic carbocycles. The SMILES string of the molecule is Cc1[nH]nc2ccc(NC=O)c(F)c12. The Morgan fingerprint density at radius 1 is 1.57 bits per heavy atom.